The molecule has 0 aliphatic carbocycles. The predicted octanol–water partition coefficient (Wildman–Crippen LogP) is 2.54. The van der Waals surface area contributed by atoms with Crippen molar-refractivity contribution in [2.45, 2.75) is 19.5 Å². The summed E-state index contributed by atoms with van der Waals surface area (Å²) in [7, 11) is 0. The molecule has 2 aromatic heterocycles. The Kier molecular flexibility index (Phi) is 3.91. The zero-order valence-corrected chi connectivity index (χ0v) is 15.0. The maximum absolute atomic E-state index is 11.1. The highest BCUT2D eigenvalue weighted by Gasteiger charge is 2.26. The van der Waals surface area contributed by atoms with Crippen LogP contribution in [0.25, 0.3) is 22.0 Å². The third-order valence-electron chi connectivity index (χ3n) is 5.00. The Bertz CT molecular complexity index is 1170. The number of fused-ring (bicyclic) bond motifs is 2. The Morgan fingerprint density at radius 2 is 1.96 bits per heavy atom. The Morgan fingerprint density at radius 1 is 1.11 bits per heavy atom. The van der Waals surface area contributed by atoms with Crippen LogP contribution in [-0.2, 0) is 19.5 Å². The minimum absolute atomic E-state index is 0.172. The lowest BCUT2D eigenvalue weighted by molar-refractivity contribution is 0.0958. The van der Waals surface area contributed by atoms with Crippen molar-refractivity contribution in [1.29, 1.82) is 0 Å². The van der Waals surface area contributed by atoms with Gasteiger partial charge in [0, 0.05) is 30.6 Å². The van der Waals surface area contributed by atoms with Crippen LogP contribution >= 0.6 is 0 Å². The fourth-order valence-electron chi connectivity index (χ4n) is 3.66. The number of hydrogen-bond acceptors (Lipinski definition) is 7. The van der Waals surface area contributed by atoms with Gasteiger partial charge in [-0.25, -0.2) is 0 Å². The number of carbonyl (C=O) groups excluding carboxylic acids is 1. The van der Waals surface area contributed by atoms with Crippen molar-refractivity contribution in [3.8, 4) is 11.3 Å². The molecule has 5 rings (SSSR count). The van der Waals surface area contributed by atoms with Gasteiger partial charge in [0.15, 0.2) is 5.82 Å². The van der Waals surface area contributed by atoms with E-state index in [1.54, 1.807) is 0 Å². The van der Waals surface area contributed by atoms with Crippen molar-refractivity contribution >= 4 is 16.7 Å². The molecule has 0 saturated heterocycles. The van der Waals surface area contributed by atoms with Crippen LogP contribution in [0.3, 0.4) is 0 Å². The number of nitrogens with two attached hydrogens (primary N) is 1. The Balaban J connectivity index is 1.46. The van der Waals surface area contributed by atoms with E-state index in [-0.39, 0.29) is 5.89 Å². The van der Waals surface area contributed by atoms with Gasteiger partial charge in [-0.2, -0.15) is 4.98 Å². The zero-order chi connectivity index (χ0) is 19.1. The molecule has 8 heteroatoms. The van der Waals surface area contributed by atoms with Crippen LogP contribution in [0.15, 0.2) is 51.5 Å². The number of benzene rings is 2. The molecule has 0 atom stereocenters. The lowest BCUT2D eigenvalue weighted by Gasteiger charge is -2.24. The largest absolute Gasteiger partial charge is 0.361 e. The molecule has 1 aliphatic rings. The first-order chi connectivity index (χ1) is 13.7. The summed E-state index contributed by atoms with van der Waals surface area (Å²) < 4.78 is 10.5. The van der Waals surface area contributed by atoms with Crippen LogP contribution in [-0.4, -0.2) is 32.6 Å². The Morgan fingerprint density at radius 3 is 2.82 bits per heavy atom. The second kappa shape index (κ2) is 6.58. The summed E-state index contributed by atoms with van der Waals surface area (Å²) in [6.07, 6.45) is 0.744. The molecule has 140 valence electrons. The lowest BCUT2D eigenvalue weighted by atomic mass is 9.97. The number of carbonyl (C=O) groups is 1. The molecular formula is C20H17N5O3. The number of nitrogens with zero attached hydrogens (tertiary/aromatic N) is 4. The van der Waals surface area contributed by atoms with Crippen LogP contribution in [0, 0.1) is 0 Å². The first-order valence-corrected chi connectivity index (χ1v) is 8.99. The topological polar surface area (TPSA) is 111 Å². The normalized spacial score (nSPS) is 14.3. The van der Waals surface area contributed by atoms with Crippen molar-refractivity contribution in [1.82, 2.24) is 20.2 Å². The molecule has 28 heavy (non-hydrogen) atoms. The van der Waals surface area contributed by atoms with E-state index in [9.17, 15) is 4.79 Å². The highest BCUT2D eigenvalue weighted by molar-refractivity contribution is 5.96. The summed E-state index contributed by atoms with van der Waals surface area (Å²) in [4.78, 5) is 17.3. The first-order valence-electron chi connectivity index (χ1n) is 8.99. The van der Waals surface area contributed by atoms with E-state index in [1.807, 2.05) is 18.2 Å². The van der Waals surface area contributed by atoms with Crippen LogP contribution in [0.2, 0.25) is 0 Å². The SMILES string of the molecule is NC(=O)c1nc(CN2CCc3onc(-c4cccc5ccccc45)c3C2)no1. The minimum atomic E-state index is -0.725. The standard InChI is InChI=1S/C20H17N5O3/c21-19(26)20-22-17(23-28-20)11-25-9-8-16-15(10-25)18(24-27-16)14-7-3-5-12-4-1-2-6-13(12)14/h1-7H,8-11H2,(H2,21,26). The van der Waals surface area contributed by atoms with Crippen molar-refractivity contribution in [2.75, 3.05) is 6.54 Å². The molecule has 0 spiro atoms. The van der Waals surface area contributed by atoms with Crippen LogP contribution in [0.5, 0.6) is 0 Å². The van der Waals surface area contributed by atoms with Gasteiger partial charge in [0.2, 0.25) is 0 Å². The molecule has 0 radical (unpaired) electrons. The fraction of sp³-hybridized carbons (Fsp3) is 0.200. The molecule has 0 bridgehead atoms. The summed E-state index contributed by atoms with van der Waals surface area (Å²) in [6, 6.07) is 14.4. The molecule has 0 fully saturated rings. The van der Waals surface area contributed by atoms with E-state index in [0.29, 0.717) is 18.9 Å². The van der Waals surface area contributed by atoms with Crippen LogP contribution in [0.1, 0.15) is 27.8 Å². The third-order valence-corrected chi connectivity index (χ3v) is 5.00. The van der Waals surface area contributed by atoms with E-state index in [4.69, 9.17) is 14.8 Å². The summed E-state index contributed by atoms with van der Waals surface area (Å²) in [5, 5.41) is 10.5. The van der Waals surface area contributed by atoms with Crippen molar-refractivity contribution in [3.63, 3.8) is 0 Å². The van der Waals surface area contributed by atoms with E-state index >= 15 is 0 Å². The molecule has 1 aliphatic heterocycles. The van der Waals surface area contributed by atoms with Crippen molar-refractivity contribution in [2.24, 2.45) is 5.73 Å². The summed E-state index contributed by atoms with van der Waals surface area (Å²) in [6.45, 7) is 1.88. The molecule has 2 N–H and O–H groups in total. The summed E-state index contributed by atoms with van der Waals surface area (Å²) >= 11 is 0. The van der Waals surface area contributed by atoms with Crippen molar-refractivity contribution < 1.29 is 13.8 Å². The van der Waals surface area contributed by atoms with E-state index in [0.717, 1.165) is 46.3 Å². The maximum atomic E-state index is 11.1. The molecule has 1 amide bonds. The average molecular weight is 375 g/mol. The average Bonchev–Trinajstić information content (AvgIpc) is 3.34. The van der Waals surface area contributed by atoms with Gasteiger partial charge in [0.05, 0.1) is 6.54 Å². The van der Waals surface area contributed by atoms with Gasteiger partial charge in [0.25, 0.3) is 0 Å². The number of rotatable bonds is 4. The van der Waals surface area contributed by atoms with Gasteiger partial charge >= 0.3 is 11.8 Å². The number of amides is 1. The maximum Gasteiger partial charge on any atom is 0.315 e. The summed E-state index contributed by atoms with van der Waals surface area (Å²) in [5.74, 6) is 0.441. The second-order valence-corrected chi connectivity index (χ2v) is 6.80. The first kappa shape index (κ1) is 16.6. The second-order valence-electron chi connectivity index (χ2n) is 6.80. The zero-order valence-electron chi connectivity index (χ0n) is 15.0. The van der Waals surface area contributed by atoms with Gasteiger partial charge in [-0.3, -0.25) is 9.69 Å². The highest BCUT2D eigenvalue weighted by Crippen LogP contribution is 2.34. The monoisotopic (exact) mass is 375 g/mol. The van der Waals surface area contributed by atoms with Gasteiger partial charge < -0.3 is 14.8 Å². The van der Waals surface area contributed by atoms with Crippen LogP contribution < -0.4 is 5.73 Å². The molecule has 8 nitrogen and oxygen atoms in total. The Hall–Kier alpha value is -3.52. The fourth-order valence-corrected chi connectivity index (χ4v) is 3.66. The van der Waals surface area contributed by atoms with E-state index in [1.165, 1.54) is 0 Å². The lowest BCUT2D eigenvalue weighted by Crippen LogP contribution is -2.30. The molecule has 0 saturated carbocycles. The molecule has 2 aromatic carbocycles. The Labute approximate surface area is 159 Å². The molecular weight excluding hydrogens is 358 g/mol. The third kappa shape index (κ3) is 2.84. The number of aromatic nitrogens is 3. The molecule has 4 aromatic rings. The van der Waals surface area contributed by atoms with Gasteiger partial charge in [-0.05, 0) is 10.8 Å². The number of hydrogen-bond donors (Lipinski definition) is 1. The molecule has 0 unspecified atom stereocenters. The highest BCUT2D eigenvalue weighted by atomic mass is 16.5. The predicted molar refractivity (Wildman–Crippen MR) is 100 cm³/mol. The smallest absolute Gasteiger partial charge is 0.315 e. The quantitative estimate of drug-likeness (QED) is 0.583. The van der Waals surface area contributed by atoms with E-state index < -0.39 is 5.91 Å². The van der Waals surface area contributed by atoms with Gasteiger partial charge in [-0.15, -0.1) is 0 Å². The number of primary amides is 1. The van der Waals surface area contributed by atoms with Gasteiger partial charge in [-0.1, -0.05) is 52.8 Å². The van der Waals surface area contributed by atoms with Gasteiger partial charge in [0.1, 0.15) is 11.5 Å². The van der Waals surface area contributed by atoms with Crippen molar-refractivity contribution in [3.05, 3.63) is 65.5 Å². The molecule has 3 heterocycles. The minimum Gasteiger partial charge on any atom is -0.361 e. The van der Waals surface area contributed by atoms with Crippen LogP contribution in [0.4, 0.5) is 0 Å². The van der Waals surface area contributed by atoms with E-state index in [2.05, 4.69) is 44.5 Å². The summed E-state index contributed by atoms with van der Waals surface area (Å²) in [5.41, 5.74) is 8.16.